The Morgan fingerprint density at radius 3 is 1.68 bits per heavy atom. The molecule has 0 radical (unpaired) electrons. The average Bonchev–Trinajstić information content (AvgIpc) is 2.39. The van der Waals surface area contributed by atoms with Crippen LogP contribution in [0, 0.1) is 74.1 Å². The van der Waals surface area contributed by atoms with Gasteiger partial charge < -0.3 is 0 Å². The van der Waals surface area contributed by atoms with E-state index in [9.17, 15) is 0 Å². The van der Waals surface area contributed by atoms with Gasteiger partial charge in [-0.2, -0.15) is 0 Å². The Labute approximate surface area is 124 Å². The highest BCUT2D eigenvalue weighted by molar-refractivity contribution is 9.10. The highest BCUT2D eigenvalue weighted by Gasteiger charge is 1.90. The van der Waals surface area contributed by atoms with Crippen LogP contribution in [0.15, 0.2) is 22.7 Å². The molecule has 0 aliphatic heterocycles. The van der Waals surface area contributed by atoms with Gasteiger partial charge in [-0.25, -0.2) is 0 Å². The molecule has 0 spiro atoms. The average molecular weight is 307 g/mol. The maximum atomic E-state index is 4.81. The van der Waals surface area contributed by atoms with Crippen molar-refractivity contribution in [1.29, 1.82) is 0 Å². The molecule has 0 saturated carbocycles. The van der Waals surface area contributed by atoms with Crippen molar-refractivity contribution in [2.24, 2.45) is 0 Å². The second-order valence-corrected chi connectivity index (χ2v) is 4.15. The lowest BCUT2D eigenvalue weighted by Crippen LogP contribution is -1.75. The number of rotatable bonds is 0. The van der Waals surface area contributed by atoms with Gasteiger partial charge in [0.05, 0.1) is 0 Å². The molecule has 0 saturated heterocycles. The lowest BCUT2D eigenvalue weighted by molar-refractivity contribution is 1.36. The van der Waals surface area contributed by atoms with Crippen molar-refractivity contribution >= 4 is 15.9 Å². The highest BCUT2D eigenvalue weighted by atomic mass is 79.9. The first-order chi connectivity index (χ1) is 9.11. The Kier molecular flexibility index (Phi) is 9.24. The Balaban J connectivity index is 0.000000342. The Morgan fingerprint density at radius 2 is 1.32 bits per heavy atom. The van der Waals surface area contributed by atoms with Crippen molar-refractivity contribution in [2.45, 2.75) is 13.8 Å². The van der Waals surface area contributed by atoms with E-state index in [0.29, 0.717) is 0 Å². The second kappa shape index (κ2) is 10.6. The van der Waals surface area contributed by atoms with Crippen molar-refractivity contribution in [3.63, 3.8) is 0 Å². The molecule has 0 aliphatic carbocycles. The first-order valence-corrected chi connectivity index (χ1v) is 6.05. The molecule has 0 nitrogen and oxygen atoms in total. The van der Waals surface area contributed by atoms with E-state index in [1.54, 1.807) is 0 Å². The summed E-state index contributed by atoms with van der Waals surface area (Å²) in [5.41, 5.74) is 2.62. The third-order valence-electron chi connectivity index (χ3n) is 1.77. The third kappa shape index (κ3) is 9.22. The van der Waals surface area contributed by atoms with Crippen LogP contribution in [0.3, 0.4) is 0 Å². The number of halogens is 1. The molecule has 0 bridgehead atoms. The van der Waals surface area contributed by atoms with E-state index in [2.05, 4.69) is 95.3 Å². The molecule has 0 amide bonds. The lowest BCUT2D eigenvalue weighted by atomic mass is 10.2. The maximum Gasteiger partial charge on any atom is 0.0204 e. The molecule has 1 rings (SSSR count). The molecule has 0 atom stereocenters. The van der Waals surface area contributed by atoms with Crippen LogP contribution >= 0.6 is 15.9 Å². The SMILES string of the molecule is C#CC#CC#CC#CC#C.Cc1ccc(Br)c(C)c1. The minimum Gasteiger partial charge on any atom is -0.106 e. The van der Waals surface area contributed by atoms with Crippen molar-refractivity contribution in [3.8, 4) is 60.2 Å². The molecule has 0 N–H and O–H groups in total. The zero-order valence-electron chi connectivity index (χ0n) is 10.8. The zero-order valence-corrected chi connectivity index (χ0v) is 12.4. The van der Waals surface area contributed by atoms with E-state index in [1.807, 2.05) is 0 Å². The molecular formula is C18H11Br. The fourth-order valence-electron chi connectivity index (χ4n) is 0.992. The molecule has 1 aromatic carbocycles. The smallest absolute Gasteiger partial charge is 0.0204 e. The molecule has 0 unspecified atom stereocenters. The molecule has 0 fully saturated rings. The highest BCUT2D eigenvalue weighted by Crippen LogP contribution is 2.15. The topological polar surface area (TPSA) is 0 Å². The minimum absolute atomic E-state index is 1.19. The van der Waals surface area contributed by atoms with Gasteiger partial charge >= 0.3 is 0 Å². The molecule has 19 heavy (non-hydrogen) atoms. The number of benzene rings is 1. The predicted octanol–water partition coefficient (Wildman–Crippen LogP) is 3.33. The first-order valence-electron chi connectivity index (χ1n) is 5.25. The van der Waals surface area contributed by atoms with Crippen molar-refractivity contribution in [1.82, 2.24) is 0 Å². The molecule has 1 aromatic rings. The zero-order chi connectivity index (χ0) is 14.5. The standard InChI is InChI=1S/C10H2.C8H9Br/c1-3-5-7-9-10-8-6-4-2;1-6-3-4-8(9)7(2)5-6/h1-2H;3-5H,1-2H3. The van der Waals surface area contributed by atoms with Gasteiger partial charge in [-0.05, 0) is 72.8 Å². The van der Waals surface area contributed by atoms with Gasteiger partial charge in [-0.1, -0.05) is 33.6 Å². The van der Waals surface area contributed by atoms with Crippen LogP contribution in [0.2, 0.25) is 0 Å². The van der Waals surface area contributed by atoms with Crippen LogP contribution in [0.25, 0.3) is 0 Å². The fourth-order valence-corrected chi connectivity index (χ4v) is 1.24. The van der Waals surface area contributed by atoms with E-state index in [4.69, 9.17) is 12.8 Å². The summed E-state index contributed by atoms with van der Waals surface area (Å²) in [5.74, 6) is 18.4. The van der Waals surface area contributed by atoms with E-state index in [0.717, 1.165) is 0 Å². The first kappa shape index (κ1) is 16.5. The number of aryl methyl sites for hydroxylation is 2. The minimum atomic E-state index is 1.19. The lowest BCUT2D eigenvalue weighted by Gasteiger charge is -1.96. The van der Waals surface area contributed by atoms with Crippen LogP contribution < -0.4 is 0 Å². The van der Waals surface area contributed by atoms with Gasteiger partial charge in [-0.15, -0.1) is 12.8 Å². The molecule has 0 aromatic heterocycles. The molecule has 0 heterocycles. The van der Waals surface area contributed by atoms with E-state index in [-0.39, 0.29) is 0 Å². The quantitative estimate of drug-likeness (QED) is 0.645. The second-order valence-electron chi connectivity index (χ2n) is 3.29. The number of terminal acetylenes is 2. The molecule has 90 valence electrons. The van der Waals surface area contributed by atoms with Crippen LogP contribution in [-0.4, -0.2) is 0 Å². The summed E-state index contributed by atoms with van der Waals surface area (Å²) in [4.78, 5) is 0. The van der Waals surface area contributed by atoms with Gasteiger partial charge in [0.25, 0.3) is 0 Å². The Bertz CT molecular complexity index is 654. The monoisotopic (exact) mass is 306 g/mol. The van der Waals surface area contributed by atoms with E-state index < -0.39 is 0 Å². The van der Waals surface area contributed by atoms with Crippen LogP contribution in [0.1, 0.15) is 11.1 Å². The summed E-state index contributed by atoms with van der Waals surface area (Å²) >= 11 is 3.43. The fraction of sp³-hybridized carbons (Fsp3) is 0.111. The third-order valence-corrected chi connectivity index (χ3v) is 2.66. The summed E-state index contributed by atoms with van der Waals surface area (Å²) in [5, 5.41) is 0. The largest absolute Gasteiger partial charge is 0.106 e. The van der Waals surface area contributed by atoms with Crippen LogP contribution in [0.4, 0.5) is 0 Å². The number of hydrogen-bond acceptors (Lipinski definition) is 0. The van der Waals surface area contributed by atoms with Gasteiger partial charge in [0, 0.05) is 4.47 Å². The van der Waals surface area contributed by atoms with Gasteiger partial charge in [0.15, 0.2) is 0 Å². The molecule has 1 heteroatoms. The summed E-state index contributed by atoms with van der Waals surface area (Å²) in [6.07, 6.45) is 9.62. The van der Waals surface area contributed by atoms with Gasteiger partial charge in [-0.3, -0.25) is 0 Å². The Morgan fingerprint density at radius 1 is 0.842 bits per heavy atom. The van der Waals surface area contributed by atoms with E-state index >= 15 is 0 Å². The van der Waals surface area contributed by atoms with E-state index in [1.165, 1.54) is 15.6 Å². The molecule has 0 aliphatic rings. The van der Waals surface area contributed by atoms with Gasteiger partial charge in [0.2, 0.25) is 0 Å². The summed E-state index contributed by atoms with van der Waals surface area (Å²) in [7, 11) is 0. The predicted molar refractivity (Wildman–Crippen MR) is 84.6 cm³/mol. The number of hydrogen-bond donors (Lipinski definition) is 0. The normalized spacial score (nSPS) is 6.37. The van der Waals surface area contributed by atoms with Gasteiger partial charge in [0.1, 0.15) is 0 Å². The molecular weight excluding hydrogens is 296 g/mol. The Hall–Kier alpha value is -2.50. The van der Waals surface area contributed by atoms with Crippen molar-refractivity contribution in [3.05, 3.63) is 33.8 Å². The van der Waals surface area contributed by atoms with Crippen LogP contribution in [0.5, 0.6) is 0 Å². The van der Waals surface area contributed by atoms with Crippen molar-refractivity contribution < 1.29 is 0 Å². The summed E-state index contributed by atoms with van der Waals surface area (Å²) in [6, 6.07) is 6.33. The summed E-state index contributed by atoms with van der Waals surface area (Å²) < 4.78 is 1.19. The maximum absolute atomic E-state index is 4.81. The van der Waals surface area contributed by atoms with Crippen LogP contribution in [-0.2, 0) is 0 Å². The summed E-state index contributed by atoms with van der Waals surface area (Å²) in [6.45, 7) is 4.19. The van der Waals surface area contributed by atoms with Crippen molar-refractivity contribution in [2.75, 3.05) is 0 Å².